The summed E-state index contributed by atoms with van der Waals surface area (Å²) in [6, 6.07) is 13.3. The molecule has 0 spiro atoms. The molecule has 1 aliphatic rings. The van der Waals surface area contributed by atoms with Crippen LogP contribution in [0.2, 0.25) is 5.02 Å². The Balaban J connectivity index is 1.67. The molecule has 3 rings (SSSR count). The Morgan fingerprint density at radius 3 is 2.40 bits per heavy atom. The summed E-state index contributed by atoms with van der Waals surface area (Å²) >= 11 is 5.82. The van der Waals surface area contributed by atoms with Gasteiger partial charge in [-0.1, -0.05) is 29.3 Å². The number of anilines is 1. The highest BCUT2D eigenvalue weighted by Gasteiger charge is 2.36. The summed E-state index contributed by atoms with van der Waals surface area (Å²) in [5.41, 5.74) is 1.80. The molecular weight excluding hydrogens is 360 g/mol. The lowest BCUT2D eigenvalue weighted by Crippen LogP contribution is -2.35. The number of sulfone groups is 1. The van der Waals surface area contributed by atoms with E-state index in [0.29, 0.717) is 23.7 Å². The first-order valence-electron chi connectivity index (χ1n) is 7.98. The molecule has 0 aliphatic carbocycles. The Morgan fingerprint density at radius 2 is 1.76 bits per heavy atom. The summed E-state index contributed by atoms with van der Waals surface area (Å²) in [6.07, 6.45) is 0.423. The first-order chi connectivity index (χ1) is 11.9. The Labute approximate surface area is 152 Å². The van der Waals surface area contributed by atoms with Crippen LogP contribution in [-0.2, 0) is 9.84 Å². The number of urea groups is 1. The van der Waals surface area contributed by atoms with Crippen LogP contribution in [0.4, 0.5) is 10.5 Å². The van der Waals surface area contributed by atoms with E-state index in [1.165, 1.54) is 17.0 Å². The minimum Gasteiger partial charge on any atom is -0.323 e. The molecule has 1 aliphatic heterocycles. The van der Waals surface area contributed by atoms with E-state index in [0.717, 1.165) is 5.56 Å². The molecule has 2 amide bonds. The summed E-state index contributed by atoms with van der Waals surface area (Å²) in [6.45, 7) is 2.57. The normalized spacial score (nSPS) is 17.5. The number of hydrogen-bond donors (Lipinski definition) is 1. The summed E-state index contributed by atoms with van der Waals surface area (Å²) in [7, 11) is -3.48. The molecular formula is C18H19ClN2O3S. The van der Waals surface area contributed by atoms with Crippen LogP contribution in [0.5, 0.6) is 0 Å². The smallest absolute Gasteiger partial charge is 0.321 e. The van der Waals surface area contributed by atoms with Gasteiger partial charge in [-0.05, 0) is 49.7 Å². The second-order valence-corrected chi connectivity index (χ2v) is 8.82. The second-order valence-electron chi connectivity index (χ2n) is 6.15. The summed E-state index contributed by atoms with van der Waals surface area (Å²) < 4.78 is 25.4. The number of nitrogens with zero attached hydrogens (tertiary/aromatic N) is 1. The third kappa shape index (κ3) is 3.96. The minimum absolute atomic E-state index is 0.183. The SMILES string of the molecule is Cc1ccc(NC(=O)N2CCC(S(=O)(=O)c3ccc(Cl)cc3)C2)cc1. The van der Waals surface area contributed by atoms with Gasteiger partial charge < -0.3 is 10.2 Å². The zero-order valence-corrected chi connectivity index (χ0v) is 15.3. The van der Waals surface area contributed by atoms with Crippen molar-refractivity contribution in [3.8, 4) is 0 Å². The van der Waals surface area contributed by atoms with E-state index >= 15 is 0 Å². The molecule has 1 saturated heterocycles. The fraction of sp³-hybridized carbons (Fsp3) is 0.278. The Morgan fingerprint density at radius 1 is 1.12 bits per heavy atom. The predicted molar refractivity (Wildman–Crippen MR) is 98.8 cm³/mol. The molecule has 1 heterocycles. The van der Waals surface area contributed by atoms with Gasteiger partial charge in [0.15, 0.2) is 9.84 Å². The van der Waals surface area contributed by atoms with Gasteiger partial charge in [-0.15, -0.1) is 0 Å². The molecule has 0 bridgehead atoms. The maximum absolute atomic E-state index is 12.7. The van der Waals surface area contributed by atoms with Crippen molar-refractivity contribution < 1.29 is 13.2 Å². The number of carbonyl (C=O) groups excluding carboxylic acids is 1. The molecule has 0 radical (unpaired) electrons. The number of halogens is 1. The Hall–Kier alpha value is -2.05. The van der Waals surface area contributed by atoms with Gasteiger partial charge in [0.05, 0.1) is 10.1 Å². The van der Waals surface area contributed by atoms with Crippen molar-refractivity contribution in [1.29, 1.82) is 0 Å². The van der Waals surface area contributed by atoms with Crippen LogP contribution < -0.4 is 5.32 Å². The van der Waals surface area contributed by atoms with E-state index in [2.05, 4.69) is 5.32 Å². The largest absolute Gasteiger partial charge is 0.323 e. The van der Waals surface area contributed by atoms with E-state index in [1.807, 2.05) is 31.2 Å². The molecule has 1 fully saturated rings. The highest BCUT2D eigenvalue weighted by atomic mass is 35.5. The highest BCUT2D eigenvalue weighted by molar-refractivity contribution is 7.92. The van der Waals surface area contributed by atoms with Crippen LogP contribution in [0.3, 0.4) is 0 Å². The molecule has 2 aromatic rings. The van der Waals surface area contributed by atoms with Gasteiger partial charge in [-0.25, -0.2) is 13.2 Å². The van der Waals surface area contributed by atoms with Crippen molar-refractivity contribution >= 4 is 33.2 Å². The minimum atomic E-state index is -3.48. The maximum atomic E-state index is 12.7. The van der Waals surface area contributed by atoms with Gasteiger partial charge in [-0.2, -0.15) is 0 Å². The quantitative estimate of drug-likeness (QED) is 0.884. The van der Waals surface area contributed by atoms with Crippen molar-refractivity contribution in [3.05, 3.63) is 59.1 Å². The lowest BCUT2D eigenvalue weighted by Gasteiger charge is -2.17. The first-order valence-corrected chi connectivity index (χ1v) is 9.91. The number of rotatable bonds is 3. The second kappa shape index (κ2) is 7.06. The number of hydrogen-bond acceptors (Lipinski definition) is 3. The van der Waals surface area contributed by atoms with Crippen molar-refractivity contribution in [3.63, 3.8) is 0 Å². The number of nitrogens with one attached hydrogen (secondary N) is 1. The van der Waals surface area contributed by atoms with Crippen molar-refractivity contribution in [2.45, 2.75) is 23.5 Å². The Kier molecular flexibility index (Phi) is 5.01. The number of likely N-dealkylation sites (tertiary alicyclic amines) is 1. The zero-order chi connectivity index (χ0) is 18.0. The summed E-state index contributed by atoms with van der Waals surface area (Å²) in [5.74, 6) is 0. The van der Waals surface area contributed by atoms with Gasteiger partial charge in [-0.3, -0.25) is 0 Å². The molecule has 2 aromatic carbocycles. The molecule has 1 atom stereocenters. The molecule has 7 heteroatoms. The monoisotopic (exact) mass is 378 g/mol. The van der Waals surface area contributed by atoms with Crippen LogP contribution in [0.15, 0.2) is 53.4 Å². The van der Waals surface area contributed by atoms with Crippen LogP contribution in [0, 0.1) is 6.92 Å². The maximum Gasteiger partial charge on any atom is 0.321 e. The van der Waals surface area contributed by atoms with Crippen LogP contribution in [0.1, 0.15) is 12.0 Å². The third-order valence-electron chi connectivity index (χ3n) is 4.32. The molecule has 0 saturated carbocycles. The van der Waals surface area contributed by atoms with Crippen LogP contribution >= 0.6 is 11.6 Å². The van der Waals surface area contributed by atoms with Gasteiger partial charge in [0.1, 0.15) is 0 Å². The van der Waals surface area contributed by atoms with E-state index in [9.17, 15) is 13.2 Å². The van der Waals surface area contributed by atoms with E-state index < -0.39 is 15.1 Å². The number of aryl methyl sites for hydroxylation is 1. The summed E-state index contributed by atoms with van der Waals surface area (Å²) in [5, 5.41) is 2.70. The molecule has 1 N–H and O–H groups in total. The average Bonchev–Trinajstić information content (AvgIpc) is 3.08. The van der Waals surface area contributed by atoms with Crippen LogP contribution in [0.25, 0.3) is 0 Å². The topological polar surface area (TPSA) is 66.5 Å². The van der Waals surface area contributed by atoms with Gasteiger partial charge in [0.2, 0.25) is 0 Å². The molecule has 25 heavy (non-hydrogen) atoms. The van der Waals surface area contributed by atoms with Crippen molar-refractivity contribution in [2.24, 2.45) is 0 Å². The molecule has 5 nitrogen and oxygen atoms in total. The fourth-order valence-corrected chi connectivity index (χ4v) is 4.64. The lowest BCUT2D eigenvalue weighted by atomic mass is 10.2. The molecule has 1 unspecified atom stereocenters. The number of amides is 2. The Bertz CT molecular complexity index is 864. The fourth-order valence-electron chi connectivity index (χ4n) is 2.82. The van der Waals surface area contributed by atoms with Gasteiger partial charge in [0, 0.05) is 23.8 Å². The third-order valence-corrected chi connectivity index (χ3v) is 6.76. The van der Waals surface area contributed by atoms with Gasteiger partial charge >= 0.3 is 6.03 Å². The van der Waals surface area contributed by atoms with Gasteiger partial charge in [0.25, 0.3) is 0 Å². The number of benzene rings is 2. The average molecular weight is 379 g/mol. The highest BCUT2D eigenvalue weighted by Crippen LogP contribution is 2.25. The molecule has 0 aromatic heterocycles. The lowest BCUT2D eigenvalue weighted by molar-refractivity contribution is 0.222. The van der Waals surface area contributed by atoms with E-state index in [1.54, 1.807) is 12.1 Å². The van der Waals surface area contributed by atoms with Crippen molar-refractivity contribution in [2.75, 3.05) is 18.4 Å². The predicted octanol–water partition coefficient (Wildman–Crippen LogP) is 3.73. The van der Waals surface area contributed by atoms with E-state index in [4.69, 9.17) is 11.6 Å². The van der Waals surface area contributed by atoms with E-state index in [-0.39, 0.29) is 17.5 Å². The van der Waals surface area contributed by atoms with Crippen molar-refractivity contribution in [1.82, 2.24) is 4.90 Å². The zero-order valence-electron chi connectivity index (χ0n) is 13.8. The number of carbonyl (C=O) groups is 1. The first kappa shape index (κ1) is 17.8. The standard InChI is InChI=1S/C18H19ClN2O3S/c1-13-2-6-15(7-3-13)20-18(22)21-11-10-17(12-21)25(23,24)16-8-4-14(19)5-9-16/h2-9,17H,10-12H2,1H3,(H,20,22). The molecule has 132 valence electrons. The van der Waals surface area contributed by atoms with Crippen LogP contribution in [-0.4, -0.2) is 37.7 Å². The summed E-state index contributed by atoms with van der Waals surface area (Å²) in [4.78, 5) is 14.1.